The smallest absolute Gasteiger partial charge is 0.0703 e. The third kappa shape index (κ3) is 2.56. The van der Waals surface area contributed by atoms with E-state index in [-0.39, 0.29) is 0 Å². The average Bonchev–Trinajstić information content (AvgIpc) is 2.47. The minimum Gasteiger partial charge on any atom is -0.378 e. The first-order valence-corrected chi connectivity index (χ1v) is 6.96. The van der Waals surface area contributed by atoms with Gasteiger partial charge in [0.25, 0.3) is 0 Å². The van der Waals surface area contributed by atoms with Crippen LogP contribution in [0.25, 0.3) is 10.9 Å². The first-order chi connectivity index (χ1) is 9.24. The van der Waals surface area contributed by atoms with Crippen LogP contribution in [-0.2, 0) is 4.74 Å². The highest BCUT2D eigenvalue weighted by Gasteiger charge is 2.12. The van der Waals surface area contributed by atoms with Crippen LogP contribution >= 0.6 is 0 Å². The normalized spacial score (nSPS) is 16.3. The van der Waals surface area contributed by atoms with Gasteiger partial charge in [-0.05, 0) is 29.7 Å². The van der Waals surface area contributed by atoms with Gasteiger partial charge in [0.05, 0.1) is 30.6 Å². The summed E-state index contributed by atoms with van der Waals surface area (Å²) in [5.41, 5.74) is 3.64. The monoisotopic (exact) mass is 256 g/mol. The SMILES string of the molecule is CC(C)c1ccc2ncc(N3CCOCC3)cc2c1. The van der Waals surface area contributed by atoms with Crippen molar-refractivity contribution < 1.29 is 4.74 Å². The van der Waals surface area contributed by atoms with E-state index in [4.69, 9.17) is 4.74 Å². The van der Waals surface area contributed by atoms with Gasteiger partial charge in [0.1, 0.15) is 0 Å². The molecule has 0 spiro atoms. The van der Waals surface area contributed by atoms with E-state index in [2.05, 4.69) is 48.0 Å². The lowest BCUT2D eigenvalue weighted by Gasteiger charge is -2.28. The second-order valence-corrected chi connectivity index (χ2v) is 5.40. The van der Waals surface area contributed by atoms with E-state index in [1.807, 2.05) is 6.20 Å². The zero-order valence-corrected chi connectivity index (χ0v) is 11.6. The average molecular weight is 256 g/mol. The predicted molar refractivity (Wildman–Crippen MR) is 78.9 cm³/mol. The number of benzene rings is 1. The van der Waals surface area contributed by atoms with Crippen LogP contribution in [0, 0.1) is 0 Å². The van der Waals surface area contributed by atoms with E-state index in [0.717, 1.165) is 31.8 Å². The van der Waals surface area contributed by atoms with E-state index in [0.29, 0.717) is 5.92 Å². The summed E-state index contributed by atoms with van der Waals surface area (Å²) < 4.78 is 5.40. The van der Waals surface area contributed by atoms with E-state index < -0.39 is 0 Å². The molecule has 0 saturated carbocycles. The van der Waals surface area contributed by atoms with Gasteiger partial charge in [-0.15, -0.1) is 0 Å². The number of hydrogen-bond acceptors (Lipinski definition) is 3. The Labute approximate surface area is 114 Å². The predicted octanol–water partition coefficient (Wildman–Crippen LogP) is 3.19. The summed E-state index contributed by atoms with van der Waals surface area (Å²) in [4.78, 5) is 6.92. The van der Waals surface area contributed by atoms with Gasteiger partial charge in [-0.25, -0.2) is 0 Å². The number of hydrogen-bond donors (Lipinski definition) is 0. The zero-order valence-electron chi connectivity index (χ0n) is 11.6. The quantitative estimate of drug-likeness (QED) is 0.825. The summed E-state index contributed by atoms with van der Waals surface area (Å²) in [5, 5.41) is 1.23. The molecule has 0 amide bonds. The van der Waals surface area contributed by atoms with Crippen molar-refractivity contribution in [2.24, 2.45) is 0 Å². The highest BCUT2D eigenvalue weighted by Crippen LogP contribution is 2.24. The van der Waals surface area contributed by atoms with Crippen molar-refractivity contribution in [1.29, 1.82) is 0 Å². The molecular formula is C16H20N2O. The van der Waals surface area contributed by atoms with Gasteiger partial charge in [-0.2, -0.15) is 0 Å². The van der Waals surface area contributed by atoms with Crippen molar-refractivity contribution in [3.8, 4) is 0 Å². The van der Waals surface area contributed by atoms with Gasteiger partial charge >= 0.3 is 0 Å². The molecule has 1 aromatic carbocycles. The van der Waals surface area contributed by atoms with Crippen molar-refractivity contribution in [3.63, 3.8) is 0 Å². The summed E-state index contributed by atoms with van der Waals surface area (Å²) >= 11 is 0. The Kier molecular flexibility index (Phi) is 3.38. The fourth-order valence-corrected chi connectivity index (χ4v) is 2.49. The van der Waals surface area contributed by atoms with E-state index in [1.165, 1.54) is 16.6 Å². The minimum atomic E-state index is 0.552. The van der Waals surface area contributed by atoms with E-state index >= 15 is 0 Å². The Balaban J connectivity index is 1.98. The summed E-state index contributed by atoms with van der Waals surface area (Å²) in [7, 11) is 0. The van der Waals surface area contributed by atoms with Gasteiger partial charge < -0.3 is 9.64 Å². The second-order valence-electron chi connectivity index (χ2n) is 5.40. The van der Waals surface area contributed by atoms with Crippen molar-refractivity contribution >= 4 is 16.6 Å². The molecule has 0 unspecified atom stereocenters. The number of fused-ring (bicyclic) bond motifs is 1. The number of pyridine rings is 1. The van der Waals surface area contributed by atoms with Gasteiger partial charge in [-0.3, -0.25) is 4.98 Å². The Bertz CT molecular complexity index is 574. The van der Waals surface area contributed by atoms with Crippen LogP contribution in [-0.4, -0.2) is 31.3 Å². The molecule has 2 aromatic rings. The maximum absolute atomic E-state index is 5.40. The molecule has 1 fully saturated rings. The third-order valence-corrected chi connectivity index (χ3v) is 3.73. The molecule has 0 bridgehead atoms. The van der Waals surface area contributed by atoms with Crippen LogP contribution < -0.4 is 4.90 Å². The van der Waals surface area contributed by atoms with Crippen LogP contribution in [0.3, 0.4) is 0 Å². The molecule has 2 heterocycles. The Morgan fingerprint density at radius 3 is 2.68 bits per heavy atom. The van der Waals surface area contributed by atoms with Crippen LogP contribution in [0.5, 0.6) is 0 Å². The lowest BCUT2D eigenvalue weighted by atomic mass is 10.0. The maximum atomic E-state index is 5.40. The third-order valence-electron chi connectivity index (χ3n) is 3.73. The van der Waals surface area contributed by atoms with Crippen molar-refractivity contribution in [1.82, 2.24) is 4.98 Å². The highest BCUT2D eigenvalue weighted by molar-refractivity contribution is 5.82. The maximum Gasteiger partial charge on any atom is 0.0703 e. The topological polar surface area (TPSA) is 25.4 Å². The first kappa shape index (κ1) is 12.4. The summed E-state index contributed by atoms with van der Waals surface area (Å²) in [6, 6.07) is 8.80. The molecule has 19 heavy (non-hydrogen) atoms. The van der Waals surface area contributed by atoms with Crippen LogP contribution in [0.15, 0.2) is 30.5 Å². The molecule has 0 atom stereocenters. The van der Waals surface area contributed by atoms with Gasteiger partial charge in [0.2, 0.25) is 0 Å². The molecule has 100 valence electrons. The molecule has 0 radical (unpaired) electrons. The van der Waals surface area contributed by atoms with Crippen molar-refractivity contribution in [2.75, 3.05) is 31.2 Å². The van der Waals surface area contributed by atoms with Crippen LogP contribution in [0.4, 0.5) is 5.69 Å². The molecule has 1 saturated heterocycles. The molecular weight excluding hydrogens is 236 g/mol. The Hall–Kier alpha value is -1.61. The minimum absolute atomic E-state index is 0.552. The summed E-state index contributed by atoms with van der Waals surface area (Å²) in [5.74, 6) is 0.552. The van der Waals surface area contributed by atoms with Gasteiger partial charge in [0.15, 0.2) is 0 Å². The number of rotatable bonds is 2. The molecule has 3 heteroatoms. The fraction of sp³-hybridized carbons (Fsp3) is 0.438. The molecule has 0 N–H and O–H groups in total. The highest BCUT2D eigenvalue weighted by atomic mass is 16.5. The molecule has 1 aromatic heterocycles. The number of aromatic nitrogens is 1. The molecule has 3 nitrogen and oxygen atoms in total. The van der Waals surface area contributed by atoms with Crippen molar-refractivity contribution in [3.05, 3.63) is 36.0 Å². The largest absolute Gasteiger partial charge is 0.378 e. The molecule has 1 aliphatic heterocycles. The Morgan fingerprint density at radius 2 is 1.95 bits per heavy atom. The zero-order chi connectivity index (χ0) is 13.2. The summed E-state index contributed by atoms with van der Waals surface area (Å²) in [6.07, 6.45) is 1.97. The van der Waals surface area contributed by atoms with Crippen molar-refractivity contribution in [2.45, 2.75) is 19.8 Å². The number of anilines is 1. The fourth-order valence-electron chi connectivity index (χ4n) is 2.49. The van der Waals surface area contributed by atoms with Gasteiger partial charge in [0, 0.05) is 18.5 Å². The van der Waals surface area contributed by atoms with E-state index in [1.54, 1.807) is 0 Å². The Morgan fingerprint density at radius 1 is 1.16 bits per heavy atom. The number of nitrogens with zero attached hydrogens (tertiary/aromatic N) is 2. The number of morpholine rings is 1. The van der Waals surface area contributed by atoms with E-state index in [9.17, 15) is 0 Å². The molecule has 1 aliphatic rings. The van der Waals surface area contributed by atoms with Gasteiger partial charge in [-0.1, -0.05) is 19.9 Å². The summed E-state index contributed by atoms with van der Waals surface area (Å²) in [6.45, 7) is 7.98. The molecule has 3 rings (SSSR count). The molecule has 0 aliphatic carbocycles. The lowest BCUT2D eigenvalue weighted by Crippen LogP contribution is -2.36. The van der Waals surface area contributed by atoms with Crippen LogP contribution in [0.1, 0.15) is 25.3 Å². The lowest BCUT2D eigenvalue weighted by molar-refractivity contribution is 0.122. The van der Waals surface area contributed by atoms with Crippen LogP contribution in [0.2, 0.25) is 0 Å². The first-order valence-electron chi connectivity index (χ1n) is 6.96. The number of ether oxygens (including phenoxy) is 1. The second kappa shape index (κ2) is 5.17. The standard InChI is InChI=1S/C16H20N2O/c1-12(2)13-3-4-16-14(9-13)10-15(11-17-16)18-5-7-19-8-6-18/h3-4,9-12H,5-8H2,1-2H3.